The molecule has 0 bridgehead atoms. The smallest absolute Gasteiger partial charge is 0.327 e. The molecular formula is C21H27FN2O8. The summed E-state index contributed by atoms with van der Waals surface area (Å²) in [7, 11) is 0. The molecule has 2 amide bonds. The zero-order chi connectivity index (χ0) is 24.3. The average molecular weight is 454 g/mol. The number of nitrogens with one attached hydrogen (secondary N) is 2. The molecular weight excluding hydrogens is 427 g/mol. The van der Waals surface area contributed by atoms with Crippen LogP contribution in [0.1, 0.15) is 32.8 Å². The number of carbonyl (C=O) groups is 5. The largest absolute Gasteiger partial charge is 0.480 e. The summed E-state index contributed by atoms with van der Waals surface area (Å²) in [5, 5.41) is 14.2. The number of carboxylic acid groups (broad SMARTS) is 1. The lowest BCUT2D eigenvalue weighted by Crippen LogP contribution is -2.55. The molecule has 0 unspecified atom stereocenters. The number of rotatable bonds is 12. The number of halogens is 1. The Morgan fingerprint density at radius 1 is 1.06 bits per heavy atom. The predicted octanol–water partition coefficient (Wildman–Crippen LogP) is 0.575. The molecule has 0 heterocycles. The molecule has 1 aromatic rings. The van der Waals surface area contributed by atoms with Gasteiger partial charge >= 0.3 is 17.9 Å². The van der Waals surface area contributed by atoms with Crippen molar-refractivity contribution in [1.82, 2.24) is 10.6 Å². The third kappa shape index (κ3) is 8.70. The fourth-order valence-corrected chi connectivity index (χ4v) is 2.93. The van der Waals surface area contributed by atoms with Crippen LogP contribution in [0.4, 0.5) is 4.39 Å². The number of carboxylic acids is 1. The van der Waals surface area contributed by atoms with E-state index < -0.39 is 60.0 Å². The van der Waals surface area contributed by atoms with Gasteiger partial charge in [-0.25, -0.2) is 9.18 Å². The van der Waals surface area contributed by atoms with Gasteiger partial charge in [0.2, 0.25) is 11.8 Å². The molecule has 11 heteroatoms. The molecule has 32 heavy (non-hydrogen) atoms. The fraction of sp³-hybridized carbons (Fsp3) is 0.476. The second kappa shape index (κ2) is 13.0. The lowest BCUT2D eigenvalue weighted by Gasteiger charge is -2.25. The van der Waals surface area contributed by atoms with E-state index in [9.17, 15) is 33.5 Å². The maximum absolute atomic E-state index is 13.5. The first-order valence-electron chi connectivity index (χ1n) is 9.95. The van der Waals surface area contributed by atoms with Crippen LogP contribution in [0.3, 0.4) is 0 Å². The number of hydrogen-bond acceptors (Lipinski definition) is 7. The monoisotopic (exact) mass is 454 g/mol. The van der Waals surface area contributed by atoms with Crippen molar-refractivity contribution >= 4 is 29.7 Å². The van der Waals surface area contributed by atoms with Gasteiger partial charge in [-0.05, 0) is 31.5 Å². The van der Waals surface area contributed by atoms with Crippen LogP contribution in [-0.4, -0.2) is 60.1 Å². The molecule has 0 aliphatic carbocycles. The van der Waals surface area contributed by atoms with E-state index in [2.05, 4.69) is 10.6 Å². The van der Waals surface area contributed by atoms with Crippen LogP contribution in [0, 0.1) is 11.7 Å². The lowest BCUT2D eigenvalue weighted by molar-refractivity contribution is -0.160. The van der Waals surface area contributed by atoms with Gasteiger partial charge in [0.15, 0.2) is 0 Å². The van der Waals surface area contributed by atoms with Gasteiger partial charge < -0.3 is 25.2 Å². The Kier molecular flexibility index (Phi) is 10.8. The number of ether oxygens (including phenoxy) is 2. The Morgan fingerprint density at radius 3 is 2.25 bits per heavy atom. The zero-order valence-corrected chi connectivity index (χ0v) is 18.1. The summed E-state index contributed by atoms with van der Waals surface area (Å²) in [6.07, 6.45) is -0.782. The summed E-state index contributed by atoms with van der Waals surface area (Å²) < 4.78 is 23.1. The normalized spacial score (nSPS) is 13.2. The van der Waals surface area contributed by atoms with Crippen molar-refractivity contribution in [3.8, 4) is 0 Å². The summed E-state index contributed by atoms with van der Waals surface area (Å²) in [6, 6.07) is 2.22. The van der Waals surface area contributed by atoms with Gasteiger partial charge in [0.25, 0.3) is 0 Å². The number of hydrogen-bond donors (Lipinski definition) is 3. The van der Waals surface area contributed by atoms with Crippen LogP contribution in [0.5, 0.6) is 0 Å². The van der Waals surface area contributed by atoms with Gasteiger partial charge in [0.1, 0.15) is 17.9 Å². The van der Waals surface area contributed by atoms with Gasteiger partial charge in [0, 0.05) is 13.3 Å². The van der Waals surface area contributed by atoms with Gasteiger partial charge in [-0.15, -0.1) is 0 Å². The summed E-state index contributed by atoms with van der Waals surface area (Å²) in [5.74, 6) is -7.07. The van der Waals surface area contributed by atoms with Crippen LogP contribution in [0.25, 0.3) is 0 Å². The minimum Gasteiger partial charge on any atom is -0.480 e. The topological polar surface area (TPSA) is 148 Å². The maximum Gasteiger partial charge on any atom is 0.327 e. The Morgan fingerprint density at radius 2 is 1.72 bits per heavy atom. The lowest BCUT2D eigenvalue weighted by atomic mass is 9.95. The molecule has 0 aromatic heterocycles. The minimum atomic E-state index is -1.84. The number of aliphatic carboxylic acids is 1. The molecule has 0 spiro atoms. The Labute approximate surface area is 184 Å². The summed E-state index contributed by atoms with van der Waals surface area (Å²) >= 11 is 0. The molecule has 3 atom stereocenters. The summed E-state index contributed by atoms with van der Waals surface area (Å²) in [4.78, 5) is 60.5. The standard InChI is InChI=1S/C21H27FN2O8/c1-4-31-17(26)11-15(21(30)32-5-2)18(20(28)29)24-19(27)16(23-12(3)25)10-13-7-6-8-14(22)9-13/h6-9,15-16,18H,4-5,10-11H2,1-3H3,(H,23,25)(H,24,27)(H,28,29)/t15-,16+,18-/m0/s1. The number of amides is 2. The van der Waals surface area contributed by atoms with Gasteiger partial charge in [-0.3, -0.25) is 19.2 Å². The summed E-state index contributed by atoms with van der Waals surface area (Å²) in [6.45, 7) is 4.13. The third-order valence-corrected chi connectivity index (χ3v) is 4.27. The van der Waals surface area contributed by atoms with Crippen molar-refractivity contribution in [2.75, 3.05) is 13.2 Å². The Hall–Kier alpha value is -3.50. The van der Waals surface area contributed by atoms with E-state index in [-0.39, 0.29) is 19.6 Å². The number of esters is 2. The van der Waals surface area contributed by atoms with Crippen molar-refractivity contribution in [1.29, 1.82) is 0 Å². The molecule has 0 saturated carbocycles. The van der Waals surface area contributed by atoms with Gasteiger partial charge in [-0.1, -0.05) is 12.1 Å². The van der Waals surface area contributed by atoms with Crippen LogP contribution in [0.15, 0.2) is 24.3 Å². The first kappa shape index (κ1) is 26.5. The second-order valence-electron chi connectivity index (χ2n) is 6.78. The van der Waals surface area contributed by atoms with E-state index in [1.54, 1.807) is 0 Å². The highest BCUT2D eigenvalue weighted by Crippen LogP contribution is 2.15. The van der Waals surface area contributed by atoms with Crippen molar-refractivity contribution in [2.24, 2.45) is 5.92 Å². The maximum atomic E-state index is 13.5. The van der Waals surface area contributed by atoms with E-state index in [0.717, 1.165) is 6.92 Å². The molecule has 10 nitrogen and oxygen atoms in total. The van der Waals surface area contributed by atoms with E-state index >= 15 is 0 Å². The highest BCUT2D eigenvalue weighted by molar-refractivity contribution is 5.93. The molecule has 0 aliphatic heterocycles. The molecule has 1 aromatic carbocycles. The first-order valence-corrected chi connectivity index (χ1v) is 9.95. The van der Waals surface area contributed by atoms with E-state index in [0.29, 0.717) is 5.56 Å². The molecule has 0 saturated heterocycles. The predicted molar refractivity (Wildman–Crippen MR) is 109 cm³/mol. The molecule has 0 fully saturated rings. The van der Waals surface area contributed by atoms with Crippen molar-refractivity contribution < 1.29 is 42.9 Å². The highest BCUT2D eigenvalue weighted by Gasteiger charge is 2.39. The highest BCUT2D eigenvalue weighted by atomic mass is 19.1. The molecule has 0 aliphatic rings. The molecule has 176 valence electrons. The van der Waals surface area contributed by atoms with Gasteiger partial charge in [-0.2, -0.15) is 0 Å². The van der Waals surface area contributed by atoms with Gasteiger partial charge in [0.05, 0.1) is 25.6 Å². The molecule has 1 rings (SSSR count). The summed E-state index contributed by atoms with van der Waals surface area (Å²) in [5.41, 5.74) is 0.374. The van der Waals surface area contributed by atoms with Crippen LogP contribution < -0.4 is 10.6 Å². The van der Waals surface area contributed by atoms with Crippen LogP contribution in [0.2, 0.25) is 0 Å². The quantitative estimate of drug-likeness (QED) is 0.388. The number of carbonyl (C=O) groups excluding carboxylic acids is 4. The minimum absolute atomic E-state index is 0.0106. The molecule has 0 radical (unpaired) electrons. The van der Waals surface area contributed by atoms with Crippen molar-refractivity contribution in [2.45, 2.75) is 45.7 Å². The number of benzene rings is 1. The van der Waals surface area contributed by atoms with Crippen molar-refractivity contribution in [3.05, 3.63) is 35.6 Å². The SMILES string of the molecule is CCOC(=O)C[C@H](C(=O)OCC)[C@H](NC(=O)[C@@H](Cc1cccc(F)c1)NC(C)=O)C(=O)O. The van der Waals surface area contributed by atoms with E-state index in [1.807, 2.05) is 0 Å². The zero-order valence-electron chi connectivity index (χ0n) is 18.1. The van der Waals surface area contributed by atoms with Crippen LogP contribution in [-0.2, 0) is 39.9 Å². The van der Waals surface area contributed by atoms with E-state index in [1.165, 1.54) is 38.1 Å². The first-order chi connectivity index (χ1) is 15.1. The molecule has 3 N–H and O–H groups in total. The van der Waals surface area contributed by atoms with E-state index in [4.69, 9.17) is 9.47 Å². The van der Waals surface area contributed by atoms with Crippen LogP contribution >= 0.6 is 0 Å². The average Bonchev–Trinajstić information content (AvgIpc) is 2.69. The third-order valence-electron chi connectivity index (χ3n) is 4.27. The van der Waals surface area contributed by atoms with Crippen molar-refractivity contribution in [3.63, 3.8) is 0 Å². The fourth-order valence-electron chi connectivity index (χ4n) is 2.93. The Bertz CT molecular complexity index is 845. The Balaban J connectivity index is 3.14. The second-order valence-corrected chi connectivity index (χ2v) is 6.78.